The van der Waals surface area contributed by atoms with Crippen LogP contribution in [-0.4, -0.2) is 62.4 Å². The van der Waals surface area contributed by atoms with Gasteiger partial charge in [0, 0.05) is 49.4 Å². The fourth-order valence-electron chi connectivity index (χ4n) is 6.65. The maximum Gasteiger partial charge on any atom is 0.319 e. The topological polar surface area (TPSA) is 63.8 Å². The van der Waals surface area contributed by atoms with Crippen molar-refractivity contribution in [3.63, 3.8) is 0 Å². The van der Waals surface area contributed by atoms with Crippen LogP contribution in [0, 0.1) is 11.8 Å². The first kappa shape index (κ1) is 19.9. The van der Waals surface area contributed by atoms with Gasteiger partial charge in [0.15, 0.2) is 0 Å². The molecule has 6 rings (SSSR count). The summed E-state index contributed by atoms with van der Waals surface area (Å²) in [6, 6.07) is 6.32. The highest BCUT2D eigenvalue weighted by molar-refractivity contribution is 5.92. The molecule has 1 saturated carbocycles. The van der Waals surface area contributed by atoms with Crippen LogP contribution in [0.4, 0.5) is 0 Å². The number of aromatic nitrogens is 1. The molecule has 0 amide bonds. The molecule has 1 aromatic carbocycles. The fraction of sp³-hybridized carbons (Fsp3) is 0.625. The number of rotatable bonds is 6. The Hall–Kier alpha value is -2.05. The van der Waals surface area contributed by atoms with Gasteiger partial charge in [-0.05, 0) is 68.2 Å². The van der Waals surface area contributed by atoms with E-state index in [1.54, 1.807) is 14.2 Å². The Balaban J connectivity index is 1.71. The first-order valence-corrected chi connectivity index (χ1v) is 11.2. The number of hydrogen-bond acceptors (Lipinski definition) is 5. The summed E-state index contributed by atoms with van der Waals surface area (Å²) in [7, 11) is 3.46. The molecular formula is C24H32N2O4. The fourth-order valence-corrected chi connectivity index (χ4v) is 6.65. The van der Waals surface area contributed by atoms with Gasteiger partial charge >= 0.3 is 5.97 Å². The Morgan fingerprint density at radius 3 is 2.97 bits per heavy atom. The lowest BCUT2D eigenvalue weighted by atomic mass is 9.56. The second-order valence-electron chi connectivity index (χ2n) is 9.12. The quantitative estimate of drug-likeness (QED) is 0.738. The number of hydrogen-bond donors (Lipinski definition) is 1. The SMILES string of the molecule is CCOC(=O)C12C[C@@H]3CC(CCOC)C1N(CCc1c2[nH]c2ccc(OC)cc12)C3. The van der Waals surface area contributed by atoms with Crippen molar-refractivity contribution < 1.29 is 19.0 Å². The number of H-pyrrole nitrogens is 1. The summed E-state index contributed by atoms with van der Waals surface area (Å²) in [6.07, 6.45) is 3.96. The van der Waals surface area contributed by atoms with Crippen molar-refractivity contribution >= 4 is 16.9 Å². The predicted octanol–water partition coefficient (Wildman–Crippen LogP) is 3.28. The van der Waals surface area contributed by atoms with Crippen LogP contribution < -0.4 is 4.74 Å². The molecule has 6 heteroatoms. The van der Waals surface area contributed by atoms with Crippen LogP contribution in [0.25, 0.3) is 10.9 Å². The number of fused-ring (bicyclic) bond motifs is 4. The molecule has 0 spiro atoms. The molecule has 6 nitrogen and oxygen atoms in total. The highest BCUT2D eigenvalue weighted by Gasteiger charge is 2.63. The van der Waals surface area contributed by atoms with E-state index in [0.717, 1.165) is 55.9 Å². The number of ether oxygens (including phenoxy) is 3. The molecular weight excluding hydrogens is 380 g/mol. The van der Waals surface area contributed by atoms with Crippen LogP contribution in [0.15, 0.2) is 18.2 Å². The number of nitrogens with one attached hydrogen (secondary N) is 1. The Kier molecular flexibility index (Phi) is 5.02. The molecule has 1 aliphatic carbocycles. The Morgan fingerprint density at radius 2 is 2.20 bits per heavy atom. The minimum absolute atomic E-state index is 0.0616. The van der Waals surface area contributed by atoms with Crippen molar-refractivity contribution in [3.05, 3.63) is 29.5 Å². The lowest BCUT2D eigenvalue weighted by molar-refractivity contribution is -0.165. The normalized spacial score (nSPS) is 32.0. The van der Waals surface area contributed by atoms with Crippen LogP contribution in [0.1, 0.15) is 37.4 Å². The summed E-state index contributed by atoms with van der Waals surface area (Å²) < 4.78 is 16.7. The zero-order chi connectivity index (χ0) is 20.9. The monoisotopic (exact) mass is 412 g/mol. The largest absolute Gasteiger partial charge is 0.497 e. The number of piperidine rings is 2. The van der Waals surface area contributed by atoms with Crippen molar-refractivity contribution in [1.82, 2.24) is 9.88 Å². The van der Waals surface area contributed by atoms with Gasteiger partial charge in [-0.1, -0.05) is 0 Å². The van der Waals surface area contributed by atoms with Crippen LogP contribution in [-0.2, 0) is 26.1 Å². The van der Waals surface area contributed by atoms with Gasteiger partial charge in [-0.15, -0.1) is 0 Å². The smallest absolute Gasteiger partial charge is 0.319 e. The summed E-state index contributed by atoms with van der Waals surface area (Å²) in [4.78, 5) is 20.0. The number of carbonyl (C=O) groups excluding carboxylic acids is 1. The molecule has 0 radical (unpaired) electrons. The number of carbonyl (C=O) groups is 1. The standard InChI is InChI=1S/C24H32N2O4/c1-4-30-23(27)24-13-15-11-16(8-10-28-2)22(24)26(14-15)9-7-18-19-12-17(29-3)5-6-20(19)25-21(18)24/h5-6,12,15-16,22,25H,4,7-11,13-14H2,1-3H3/t15-,16?,22?,24?/m0/s1. The van der Waals surface area contributed by atoms with Crippen molar-refractivity contribution in [2.24, 2.45) is 11.8 Å². The van der Waals surface area contributed by atoms with Gasteiger partial charge in [0.05, 0.1) is 13.7 Å². The van der Waals surface area contributed by atoms with Gasteiger partial charge in [0.25, 0.3) is 0 Å². The molecule has 4 unspecified atom stereocenters. The summed E-state index contributed by atoms with van der Waals surface area (Å²) in [6.45, 7) is 5.11. The Morgan fingerprint density at radius 1 is 1.33 bits per heavy atom. The molecule has 4 heterocycles. The van der Waals surface area contributed by atoms with Gasteiger partial charge < -0.3 is 19.2 Å². The summed E-state index contributed by atoms with van der Waals surface area (Å²) in [5.74, 6) is 1.73. The maximum absolute atomic E-state index is 13.7. The Bertz CT molecular complexity index is 954. The van der Waals surface area contributed by atoms with Crippen molar-refractivity contribution in [2.75, 3.05) is 40.5 Å². The molecule has 162 valence electrons. The molecule has 3 aliphatic heterocycles. The molecule has 1 N–H and O–H groups in total. The van der Waals surface area contributed by atoms with Crippen molar-refractivity contribution in [3.8, 4) is 5.75 Å². The number of benzene rings is 1. The minimum Gasteiger partial charge on any atom is -0.497 e. The van der Waals surface area contributed by atoms with Gasteiger partial charge in [-0.3, -0.25) is 9.69 Å². The van der Waals surface area contributed by atoms with Gasteiger partial charge in [0.2, 0.25) is 0 Å². The third kappa shape index (κ3) is 2.80. The van der Waals surface area contributed by atoms with E-state index in [-0.39, 0.29) is 12.0 Å². The average Bonchev–Trinajstić information content (AvgIpc) is 3.09. The molecule has 2 saturated heterocycles. The zero-order valence-corrected chi connectivity index (χ0v) is 18.2. The molecule has 5 atom stereocenters. The number of aromatic amines is 1. The lowest BCUT2D eigenvalue weighted by Gasteiger charge is -2.58. The highest BCUT2D eigenvalue weighted by atomic mass is 16.5. The van der Waals surface area contributed by atoms with E-state index >= 15 is 0 Å². The first-order chi connectivity index (χ1) is 14.6. The second kappa shape index (κ2) is 7.57. The maximum atomic E-state index is 13.7. The van der Waals surface area contributed by atoms with Crippen LogP contribution in [0.3, 0.4) is 0 Å². The van der Waals surface area contributed by atoms with E-state index in [4.69, 9.17) is 14.2 Å². The molecule has 2 aromatic rings. The van der Waals surface area contributed by atoms with E-state index in [1.165, 1.54) is 17.4 Å². The molecule has 30 heavy (non-hydrogen) atoms. The van der Waals surface area contributed by atoms with Crippen molar-refractivity contribution in [1.29, 1.82) is 0 Å². The van der Waals surface area contributed by atoms with Gasteiger partial charge in [-0.25, -0.2) is 0 Å². The molecule has 4 aliphatic rings. The van der Waals surface area contributed by atoms with E-state index in [1.807, 2.05) is 13.0 Å². The van der Waals surface area contributed by atoms with E-state index in [0.29, 0.717) is 18.4 Å². The van der Waals surface area contributed by atoms with Crippen LogP contribution in [0.5, 0.6) is 5.75 Å². The Labute approximate surface area is 177 Å². The third-order valence-electron chi connectivity index (χ3n) is 7.63. The predicted molar refractivity (Wildman–Crippen MR) is 115 cm³/mol. The first-order valence-electron chi connectivity index (χ1n) is 11.2. The zero-order valence-electron chi connectivity index (χ0n) is 18.2. The molecule has 3 fully saturated rings. The summed E-state index contributed by atoms with van der Waals surface area (Å²) in [5, 5.41) is 1.17. The van der Waals surface area contributed by atoms with Gasteiger partial charge in [-0.2, -0.15) is 0 Å². The third-order valence-corrected chi connectivity index (χ3v) is 7.63. The number of nitrogens with zero attached hydrogens (tertiary/aromatic N) is 1. The highest BCUT2D eigenvalue weighted by Crippen LogP contribution is 2.55. The summed E-state index contributed by atoms with van der Waals surface area (Å²) in [5.41, 5.74) is 2.79. The molecule has 4 bridgehead atoms. The van der Waals surface area contributed by atoms with Gasteiger partial charge in [0.1, 0.15) is 11.2 Å². The number of methoxy groups -OCH3 is 2. The molecule has 1 aromatic heterocycles. The number of esters is 1. The second-order valence-corrected chi connectivity index (χ2v) is 9.12. The van der Waals surface area contributed by atoms with E-state index < -0.39 is 5.41 Å². The van der Waals surface area contributed by atoms with E-state index in [9.17, 15) is 4.79 Å². The minimum atomic E-state index is -0.631. The van der Waals surface area contributed by atoms with Crippen LogP contribution >= 0.6 is 0 Å². The van der Waals surface area contributed by atoms with E-state index in [2.05, 4.69) is 22.0 Å². The van der Waals surface area contributed by atoms with Crippen molar-refractivity contribution in [2.45, 2.75) is 44.1 Å². The summed E-state index contributed by atoms with van der Waals surface area (Å²) >= 11 is 0. The van der Waals surface area contributed by atoms with Crippen LogP contribution in [0.2, 0.25) is 0 Å². The average molecular weight is 413 g/mol. The lowest BCUT2D eigenvalue weighted by Crippen LogP contribution is -2.67.